The summed E-state index contributed by atoms with van der Waals surface area (Å²) in [6.45, 7) is 0.00106. The molecule has 0 heterocycles. The van der Waals surface area contributed by atoms with Crippen molar-refractivity contribution in [2.45, 2.75) is 12.0 Å². The number of fused-ring (bicyclic) bond motifs is 3. The molecule has 5 nitrogen and oxygen atoms in total. The summed E-state index contributed by atoms with van der Waals surface area (Å²) < 4.78 is 32.5. The predicted octanol–water partition coefficient (Wildman–Crippen LogP) is 5.23. The molecular formula is C23H16F2INO4. The van der Waals surface area contributed by atoms with Crippen LogP contribution in [0.4, 0.5) is 13.6 Å². The topological polar surface area (TPSA) is 75.6 Å². The largest absolute Gasteiger partial charge is 0.479 e. The lowest BCUT2D eigenvalue weighted by Crippen LogP contribution is -2.35. The molecule has 0 saturated heterocycles. The zero-order valence-electron chi connectivity index (χ0n) is 15.9. The van der Waals surface area contributed by atoms with E-state index in [4.69, 9.17) is 4.74 Å². The zero-order chi connectivity index (χ0) is 22.1. The van der Waals surface area contributed by atoms with Crippen molar-refractivity contribution in [2.24, 2.45) is 0 Å². The highest BCUT2D eigenvalue weighted by atomic mass is 127. The average Bonchev–Trinajstić information content (AvgIpc) is 3.07. The van der Waals surface area contributed by atoms with Gasteiger partial charge in [-0.05, 0) is 57.0 Å². The molecule has 0 radical (unpaired) electrons. The van der Waals surface area contributed by atoms with Crippen LogP contribution in [0.1, 0.15) is 28.7 Å². The van der Waals surface area contributed by atoms with Crippen LogP contribution >= 0.6 is 22.6 Å². The van der Waals surface area contributed by atoms with Gasteiger partial charge in [-0.25, -0.2) is 18.4 Å². The van der Waals surface area contributed by atoms with E-state index in [9.17, 15) is 23.5 Å². The maximum atomic E-state index is 13.6. The maximum absolute atomic E-state index is 13.6. The van der Waals surface area contributed by atoms with Gasteiger partial charge in [0, 0.05) is 15.1 Å². The minimum absolute atomic E-state index is 0.00106. The number of carbonyl (C=O) groups excluding carboxylic acids is 1. The minimum Gasteiger partial charge on any atom is -0.479 e. The number of amides is 1. The fourth-order valence-electron chi connectivity index (χ4n) is 3.79. The Labute approximate surface area is 190 Å². The molecule has 0 bridgehead atoms. The van der Waals surface area contributed by atoms with Crippen molar-refractivity contribution in [3.05, 3.63) is 92.6 Å². The van der Waals surface area contributed by atoms with Gasteiger partial charge in [0.25, 0.3) is 0 Å². The van der Waals surface area contributed by atoms with Gasteiger partial charge in [0.05, 0.1) is 0 Å². The van der Waals surface area contributed by atoms with E-state index in [1.54, 1.807) is 22.6 Å². The number of hydrogen-bond donors (Lipinski definition) is 2. The molecule has 158 valence electrons. The maximum Gasteiger partial charge on any atom is 0.408 e. The molecule has 31 heavy (non-hydrogen) atoms. The Hall–Kier alpha value is -3.01. The quantitative estimate of drug-likeness (QED) is 0.347. The third-order valence-corrected chi connectivity index (χ3v) is 6.14. The van der Waals surface area contributed by atoms with E-state index in [-0.39, 0.29) is 21.7 Å². The SMILES string of the molecule is O=C(NC(C(=O)O)c1cc(F)c(F)cc1I)OCC1c2ccccc2-c2ccccc21. The first-order valence-electron chi connectivity index (χ1n) is 9.35. The summed E-state index contributed by atoms with van der Waals surface area (Å²) in [4.78, 5) is 24.1. The van der Waals surface area contributed by atoms with Gasteiger partial charge < -0.3 is 15.2 Å². The molecule has 3 aromatic carbocycles. The number of nitrogens with one attached hydrogen (secondary N) is 1. The Balaban J connectivity index is 1.51. The fourth-order valence-corrected chi connectivity index (χ4v) is 4.53. The lowest BCUT2D eigenvalue weighted by molar-refractivity contribution is -0.139. The van der Waals surface area contributed by atoms with Crippen LogP contribution in [0, 0.1) is 15.2 Å². The summed E-state index contributed by atoms with van der Waals surface area (Å²) in [5, 5.41) is 11.7. The van der Waals surface area contributed by atoms with E-state index in [1.807, 2.05) is 48.5 Å². The second-order valence-electron chi connectivity index (χ2n) is 7.03. The van der Waals surface area contributed by atoms with Gasteiger partial charge in [-0.15, -0.1) is 0 Å². The van der Waals surface area contributed by atoms with Crippen LogP contribution < -0.4 is 5.32 Å². The van der Waals surface area contributed by atoms with Crippen molar-refractivity contribution >= 4 is 34.7 Å². The lowest BCUT2D eigenvalue weighted by atomic mass is 9.98. The number of aliphatic carboxylic acids is 1. The molecule has 2 N–H and O–H groups in total. The van der Waals surface area contributed by atoms with Crippen molar-refractivity contribution in [2.75, 3.05) is 6.61 Å². The second kappa shape index (κ2) is 8.62. The monoisotopic (exact) mass is 535 g/mol. The molecule has 1 aliphatic rings. The molecule has 4 rings (SSSR count). The van der Waals surface area contributed by atoms with E-state index in [2.05, 4.69) is 5.32 Å². The summed E-state index contributed by atoms with van der Waals surface area (Å²) in [7, 11) is 0. The minimum atomic E-state index is -1.59. The van der Waals surface area contributed by atoms with Crippen LogP contribution in [-0.4, -0.2) is 23.8 Å². The number of ether oxygens (including phenoxy) is 1. The highest BCUT2D eigenvalue weighted by Crippen LogP contribution is 2.44. The van der Waals surface area contributed by atoms with Crippen molar-refractivity contribution in [1.82, 2.24) is 5.32 Å². The second-order valence-corrected chi connectivity index (χ2v) is 8.19. The molecule has 1 amide bonds. The average molecular weight is 535 g/mol. The first-order chi connectivity index (χ1) is 14.9. The van der Waals surface area contributed by atoms with Crippen molar-refractivity contribution in [3.63, 3.8) is 0 Å². The smallest absolute Gasteiger partial charge is 0.408 e. The van der Waals surface area contributed by atoms with Gasteiger partial charge in [-0.3, -0.25) is 0 Å². The Morgan fingerprint density at radius 3 is 2.13 bits per heavy atom. The van der Waals surface area contributed by atoms with E-state index in [0.717, 1.165) is 34.4 Å². The standard InChI is InChI=1S/C23H16F2INO4/c24-18-9-16(20(26)10-19(18)25)21(22(28)29)27-23(30)31-11-17-14-7-3-1-5-12(14)13-6-2-4-8-15(13)17/h1-10,17,21H,11H2,(H,27,30)(H,28,29). The summed E-state index contributed by atoms with van der Waals surface area (Å²) >= 11 is 1.69. The molecule has 3 aromatic rings. The lowest BCUT2D eigenvalue weighted by Gasteiger charge is -2.18. The summed E-state index contributed by atoms with van der Waals surface area (Å²) in [6.07, 6.45) is -0.963. The van der Waals surface area contributed by atoms with Crippen molar-refractivity contribution in [1.29, 1.82) is 0 Å². The van der Waals surface area contributed by atoms with Gasteiger partial charge in [0.1, 0.15) is 6.61 Å². The first kappa shape index (κ1) is 21.2. The van der Waals surface area contributed by atoms with Gasteiger partial charge in [0.2, 0.25) is 0 Å². The van der Waals surface area contributed by atoms with Crippen LogP contribution in [0.25, 0.3) is 11.1 Å². The molecule has 1 aliphatic carbocycles. The van der Waals surface area contributed by atoms with Crippen LogP contribution in [0.2, 0.25) is 0 Å². The molecule has 0 fully saturated rings. The third-order valence-electron chi connectivity index (χ3n) is 5.20. The number of rotatable bonds is 5. The molecule has 0 aromatic heterocycles. The predicted molar refractivity (Wildman–Crippen MR) is 118 cm³/mol. The fraction of sp³-hybridized carbons (Fsp3) is 0.130. The Kier molecular flexibility index (Phi) is 5.90. The Morgan fingerprint density at radius 1 is 1.00 bits per heavy atom. The van der Waals surface area contributed by atoms with E-state index >= 15 is 0 Å². The molecule has 1 atom stereocenters. The van der Waals surface area contributed by atoms with E-state index in [0.29, 0.717) is 0 Å². The number of halogens is 3. The molecule has 1 unspecified atom stereocenters. The van der Waals surface area contributed by atoms with Crippen LogP contribution in [-0.2, 0) is 9.53 Å². The molecule has 0 saturated carbocycles. The van der Waals surface area contributed by atoms with E-state index in [1.165, 1.54) is 0 Å². The Morgan fingerprint density at radius 2 is 1.55 bits per heavy atom. The van der Waals surface area contributed by atoms with Gasteiger partial charge in [-0.1, -0.05) is 48.5 Å². The number of carboxylic acids is 1. The van der Waals surface area contributed by atoms with Crippen molar-refractivity contribution in [3.8, 4) is 11.1 Å². The third kappa shape index (κ3) is 4.12. The normalized spacial score (nSPS) is 13.3. The highest BCUT2D eigenvalue weighted by molar-refractivity contribution is 14.1. The van der Waals surface area contributed by atoms with Crippen LogP contribution in [0.15, 0.2) is 60.7 Å². The van der Waals surface area contributed by atoms with Gasteiger partial charge in [0.15, 0.2) is 17.7 Å². The van der Waals surface area contributed by atoms with Gasteiger partial charge >= 0.3 is 12.1 Å². The van der Waals surface area contributed by atoms with Gasteiger partial charge in [-0.2, -0.15) is 0 Å². The number of hydrogen-bond acceptors (Lipinski definition) is 3. The summed E-state index contributed by atoms with van der Waals surface area (Å²) in [6, 6.07) is 15.7. The number of benzene rings is 3. The summed E-state index contributed by atoms with van der Waals surface area (Å²) in [5.41, 5.74) is 4.09. The number of carbonyl (C=O) groups is 2. The first-order valence-corrected chi connectivity index (χ1v) is 10.4. The van der Waals surface area contributed by atoms with Crippen LogP contribution in [0.3, 0.4) is 0 Å². The molecular weight excluding hydrogens is 519 g/mol. The van der Waals surface area contributed by atoms with Crippen molar-refractivity contribution < 1.29 is 28.2 Å². The summed E-state index contributed by atoms with van der Waals surface area (Å²) in [5.74, 6) is -3.91. The molecule has 0 aliphatic heterocycles. The zero-order valence-corrected chi connectivity index (χ0v) is 18.1. The molecule has 0 spiro atoms. The highest BCUT2D eigenvalue weighted by Gasteiger charge is 2.30. The Bertz CT molecular complexity index is 1140. The number of carboxylic acid groups (broad SMARTS) is 1. The van der Waals surface area contributed by atoms with Crippen LogP contribution in [0.5, 0.6) is 0 Å². The van der Waals surface area contributed by atoms with E-state index < -0.39 is 29.7 Å². The number of alkyl carbamates (subject to hydrolysis) is 1. The molecule has 8 heteroatoms.